The Bertz CT molecular complexity index is 436. The third-order valence-electron chi connectivity index (χ3n) is 4.19. The Balaban J connectivity index is 1.99. The summed E-state index contributed by atoms with van der Waals surface area (Å²) in [7, 11) is 4.06. The van der Waals surface area contributed by atoms with Crippen molar-refractivity contribution < 1.29 is 4.79 Å². The Kier molecular flexibility index (Phi) is 5.15. The smallest absolute Gasteiger partial charge is 0.253 e. The van der Waals surface area contributed by atoms with Crippen LogP contribution in [0.25, 0.3) is 0 Å². The minimum atomic E-state index is 0.124. The van der Waals surface area contributed by atoms with E-state index in [2.05, 4.69) is 11.9 Å². The molecule has 1 saturated heterocycles. The molecule has 0 aromatic heterocycles. The molecule has 0 saturated carbocycles. The number of likely N-dealkylation sites (tertiary alicyclic amines) is 1. The van der Waals surface area contributed by atoms with Gasteiger partial charge in [0.1, 0.15) is 0 Å². The highest BCUT2D eigenvalue weighted by Crippen LogP contribution is 2.17. The number of amides is 1. The number of carbonyl (C=O) groups excluding carboxylic acids is 1. The van der Waals surface area contributed by atoms with Crippen LogP contribution in [0.1, 0.15) is 28.8 Å². The Hall–Kier alpha value is -1.39. The third kappa shape index (κ3) is 3.58. The summed E-state index contributed by atoms with van der Waals surface area (Å²) < 4.78 is 0. The number of rotatable bonds is 4. The highest BCUT2D eigenvalue weighted by Gasteiger charge is 2.24. The van der Waals surface area contributed by atoms with Gasteiger partial charge < -0.3 is 15.5 Å². The first kappa shape index (κ1) is 15.0. The highest BCUT2D eigenvalue weighted by molar-refractivity contribution is 5.94. The number of piperidine rings is 1. The van der Waals surface area contributed by atoms with Crippen LogP contribution in [-0.4, -0.2) is 55.5 Å². The minimum Gasteiger partial charge on any atom is -0.339 e. The van der Waals surface area contributed by atoms with Gasteiger partial charge in [0.15, 0.2) is 0 Å². The molecule has 20 heavy (non-hydrogen) atoms. The number of nitrogens with zero attached hydrogens (tertiary/aromatic N) is 2. The van der Waals surface area contributed by atoms with E-state index < -0.39 is 0 Å². The molecule has 4 heteroatoms. The van der Waals surface area contributed by atoms with Gasteiger partial charge in [-0.15, -0.1) is 0 Å². The van der Waals surface area contributed by atoms with E-state index in [-0.39, 0.29) is 5.91 Å². The van der Waals surface area contributed by atoms with Crippen LogP contribution in [0.15, 0.2) is 24.3 Å². The second-order valence-corrected chi connectivity index (χ2v) is 5.69. The van der Waals surface area contributed by atoms with Gasteiger partial charge in [-0.2, -0.15) is 0 Å². The van der Waals surface area contributed by atoms with E-state index in [9.17, 15) is 4.79 Å². The predicted octanol–water partition coefficient (Wildman–Crippen LogP) is 1.35. The van der Waals surface area contributed by atoms with Crippen molar-refractivity contribution in [3.8, 4) is 0 Å². The second-order valence-electron chi connectivity index (χ2n) is 5.69. The zero-order valence-corrected chi connectivity index (χ0v) is 12.5. The molecule has 2 rings (SSSR count). The first-order valence-corrected chi connectivity index (χ1v) is 7.36. The van der Waals surface area contributed by atoms with Gasteiger partial charge >= 0.3 is 0 Å². The fourth-order valence-corrected chi connectivity index (χ4v) is 2.73. The molecule has 2 N–H and O–H groups in total. The molecule has 1 aliphatic heterocycles. The molecule has 0 bridgehead atoms. The van der Waals surface area contributed by atoms with Crippen molar-refractivity contribution in [1.82, 2.24) is 9.80 Å². The summed E-state index contributed by atoms with van der Waals surface area (Å²) in [5.41, 5.74) is 7.49. The van der Waals surface area contributed by atoms with E-state index in [4.69, 9.17) is 5.73 Å². The Morgan fingerprint density at radius 2 is 1.90 bits per heavy atom. The van der Waals surface area contributed by atoms with Gasteiger partial charge in [-0.25, -0.2) is 0 Å². The van der Waals surface area contributed by atoms with Crippen LogP contribution >= 0.6 is 0 Å². The van der Waals surface area contributed by atoms with Crippen molar-refractivity contribution in [2.45, 2.75) is 25.3 Å². The number of hydrogen-bond donors (Lipinski definition) is 1. The molecule has 1 amide bonds. The lowest BCUT2D eigenvalue weighted by Crippen LogP contribution is -2.44. The van der Waals surface area contributed by atoms with E-state index in [1.54, 1.807) is 0 Å². The number of nitrogens with two attached hydrogens (primary N) is 1. The van der Waals surface area contributed by atoms with Crippen molar-refractivity contribution in [3.63, 3.8) is 0 Å². The molecule has 1 fully saturated rings. The van der Waals surface area contributed by atoms with Gasteiger partial charge in [-0.1, -0.05) is 12.1 Å². The number of hydrogen-bond acceptors (Lipinski definition) is 3. The third-order valence-corrected chi connectivity index (χ3v) is 4.19. The molecule has 110 valence electrons. The van der Waals surface area contributed by atoms with Crippen LogP contribution in [0.3, 0.4) is 0 Å². The van der Waals surface area contributed by atoms with Gasteiger partial charge in [0.2, 0.25) is 0 Å². The first-order valence-electron chi connectivity index (χ1n) is 7.36. The molecular weight excluding hydrogens is 250 g/mol. The molecule has 0 radical (unpaired) electrons. The Morgan fingerprint density at radius 1 is 1.30 bits per heavy atom. The average Bonchev–Trinajstić information content (AvgIpc) is 2.48. The standard InChI is InChI=1S/C16H25N3O/c1-18-11-8-15(9-12-18)19(2)16(20)14-5-3-13(4-6-14)7-10-17/h3-6,15H,7-12,17H2,1-2H3. The van der Waals surface area contributed by atoms with Gasteiger partial charge in [0.25, 0.3) is 5.91 Å². The zero-order chi connectivity index (χ0) is 14.5. The lowest BCUT2D eigenvalue weighted by Gasteiger charge is -2.35. The SMILES string of the molecule is CN1CCC(N(C)C(=O)c2ccc(CCN)cc2)CC1. The fourth-order valence-electron chi connectivity index (χ4n) is 2.73. The van der Waals surface area contributed by atoms with Gasteiger partial charge in [-0.05, 0) is 63.6 Å². The minimum absolute atomic E-state index is 0.124. The van der Waals surface area contributed by atoms with Crippen LogP contribution in [-0.2, 0) is 6.42 Å². The van der Waals surface area contributed by atoms with Crippen LogP contribution in [0.5, 0.6) is 0 Å². The molecule has 0 spiro atoms. The largest absolute Gasteiger partial charge is 0.339 e. The fraction of sp³-hybridized carbons (Fsp3) is 0.562. The monoisotopic (exact) mass is 275 g/mol. The van der Waals surface area contributed by atoms with E-state index in [0.29, 0.717) is 12.6 Å². The molecule has 1 heterocycles. The second kappa shape index (κ2) is 6.86. The molecule has 0 aliphatic carbocycles. The van der Waals surface area contributed by atoms with Crippen LogP contribution in [0.2, 0.25) is 0 Å². The topological polar surface area (TPSA) is 49.6 Å². The summed E-state index contributed by atoms with van der Waals surface area (Å²) in [6.07, 6.45) is 2.98. The summed E-state index contributed by atoms with van der Waals surface area (Å²) in [5.74, 6) is 0.124. The van der Waals surface area contributed by atoms with Crippen molar-refractivity contribution >= 4 is 5.91 Å². The lowest BCUT2D eigenvalue weighted by molar-refractivity contribution is 0.0659. The predicted molar refractivity (Wildman–Crippen MR) is 81.8 cm³/mol. The zero-order valence-electron chi connectivity index (χ0n) is 12.5. The Labute approximate surface area is 121 Å². The quantitative estimate of drug-likeness (QED) is 0.902. The number of carbonyl (C=O) groups is 1. The first-order chi connectivity index (χ1) is 9.61. The van der Waals surface area contributed by atoms with Gasteiger partial charge in [0.05, 0.1) is 0 Å². The lowest BCUT2D eigenvalue weighted by atomic mass is 10.0. The van der Waals surface area contributed by atoms with Gasteiger partial charge in [-0.3, -0.25) is 4.79 Å². The number of benzene rings is 1. The molecule has 0 unspecified atom stereocenters. The van der Waals surface area contributed by atoms with Crippen LogP contribution in [0.4, 0.5) is 0 Å². The Morgan fingerprint density at radius 3 is 2.45 bits per heavy atom. The molecule has 0 atom stereocenters. The maximum Gasteiger partial charge on any atom is 0.253 e. The maximum atomic E-state index is 12.5. The van der Waals surface area contributed by atoms with Crippen molar-refractivity contribution in [2.75, 3.05) is 33.7 Å². The molecular formula is C16H25N3O. The van der Waals surface area contributed by atoms with E-state index in [0.717, 1.165) is 37.9 Å². The molecule has 1 aromatic carbocycles. The van der Waals surface area contributed by atoms with Crippen LogP contribution < -0.4 is 5.73 Å². The summed E-state index contributed by atoms with van der Waals surface area (Å²) >= 11 is 0. The van der Waals surface area contributed by atoms with Crippen molar-refractivity contribution in [1.29, 1.82) is 0 Å². The average molecular weight is 275 g/mol. The summed E-state index contributed by atoms with van der Waals surface area (Å²) in [4.78, 5) is 16.7. The molecule has 4 nitrogen and oxygen atoms in total. The highest BCUT2D eigenvalue weighted by atomic mass is 16.2. The summed E-state index contributed by atoms with van der Waals surface area (Å²) in [6, 6.07) is 8.20. The molecule has 1 aliphatic rings. The van der Waals surface area contributed by atoms with E-state index in [1.807, 2.05) is 36.2 Å². The maximum absolute atomic E-state index is 12.5. The normalized spacial score (nSPS) is 17.1. The van der Waals surface area contributed by atoms with Gasteiger partial charge in [0, 0.05) is 18.7 Å². The summed E-state index contributed by atoms with van der Waals surface area (Å²) in [5, 5.41) is 0. The van der Waals surface area contributed by atoms with Crippen molar-refractivity contribution in [2.24, 2.45) is 5.73 Å². The van der Waals surface area contributed by atoms with E-state index in [1.165, 1.54) is 5.56 Å². The molecule has 1 aromatic rings. The summed E-state index contributed by atoms with van der Waals surface area (Å²) in [6.45, 7) is 2.78. The van der Waals surface area contributed by atoms with Crippen molar-refractivity contribution in [3.05, 3.63) is 35.4 Å². The van der Waals surface area contributed by atoms with E-state index >= 15 is 0 Å². The van der Waals surface area contributed by atoms with Crippen LogP contribution in [0, 0.1) is 0 Å².